The summed E-state index contributed by atoms with van der Waals surface area (Å²) in [7, 11) is 0. The monoisotopic (exact) mass is 462 g/mol. The predicted molar refractivity (Wildman–Crippen MR) is 122 cm³/mol. The lowest BCUT2D eigenvalue weighted by Gasteiger charge is -2.09. The van der Waals surface area contributed by atoms with E-state index in [-0.39, 0.29) is 11.1 Å². The van der Waals surface area contributed by atoms with Crippen molar-refractivity contribution in [3.63, 3.8) is 0 Å². The van der Waals surface area contributed by atoms with Gasteiger partial charge in [-0.2, -0.15) is 5.10 Å². The van der Waals surface area contributed by atoms with Crippen LogP contribution in [0, 0.1) is 5.82 Å². The first-order valence-corrected chi connectivity index (χ1v) is 10.5. The number of fused-ring (bicyclic) bond motifs is 3. The molecule has 0 atom stereocenters. The molecule has 8 nitrogen and oxygen atoms in total. The van der Waals surface area contributed by atoms with Crippen LogP contribution in [-0.4, -0.2) is 30.4 Å². The molecule has 0 saturated carbocycles. The van der Waals surface area contributed by atoms with Gasteiger partial charge in [0.15, 0.2) is 11.2 Å². The number of nitrogens with one attached hydrogen (secondary N) is 1. The van der Waals surface area contributed by atoms with Gasteiger partial charge in [0.05, 0.1) is 11.3 Å². The minimum atomic E-state index is -0.570. The van der Waals surface area contributed by atoms with Crippen molar-refractivity contribution < 1.29 is 9.18 Å². The summed E-state index contributed by atoms with van der Waals surface area (Å²) in [5.41, 5.74) is 5.62. The molecule has 0 saturated heterocycles. The minimum absolute atomic E-state index is 0.0391. The Morgan fingerprint density at radius 2 is 1.79 bits per heavy atom. The molecular weight excluding hydrogens is 447 g/mol. The van der Waals surface area contributed by atoms with Crippen molar-refractivity contribution in [1.82, 2.24) is 24.5 Å². The number of carbonyl (C=O) groups excluding carboxylic acids is 1. The zero-order valence-corrected chi connectivity index (χ0v) is 18.0. The van der Waals surface area contributed by atoms with Crippen LogP contribution in [0.15, 0.2) is 65.6 Å². The lowest BCUT2D eigenvalue weighted by atomic mass is 10.0. The van der Waals surface area contributed by atoms with Gasteiger partial charge in [-0.15, -0.1) is 10.2 Å². The van der Waals surface area contributed by atoms with Crippen LogP contribution in [0.4, 0.5) is 4.39 Å². The summed E-state index contributed by atoms with van der Waals surface area (Å²) in [4.78, 5) is 25.4. The van der Waals surface area contributed by atoms with Gasteiger partial charge in [0.2, 0.25) is 0 Å². The predicted octanol–water partition coefficient (Wildman–Crippen LogP) is 3.85. The standard InChI is InChI=1S/C23H16ClFN6O2/c1-2-17-19(13-3-7-15(24)8-4-13)21-27-26-20-18(31(21)28-17)11-12-30(23(20)33)29-22(32)14-5-9-16(25)10-6-14/h3-12H,2H2,1H3,(H,29,32). The van der Waals surface area contributed by atoms with Crippen LogP contribution < -0.4 is 11.0 Å². The van der Waals surface area contributed by atoms with E-state index >= 15 is 0 Å². The molecule has 5 aromatic rings. The van der Waals surface area contributed by atoms with Crippen molar-refractivity contribution in [2.24, 2.45) is 0 Å². The number of benzene rings is 2. The first kappa shape index (κ1) is 20.8. The molecule has 0 spiro atoms. The highest BCUT2D eigenvalue weighted by molar-refractivity contribution is 6.30. The largest absolute Gasteiger partial charge is 0.299 e. The Morgan fingerprint density at radius 3 is 2.48 bits per heavy atom. The summed E-state index contributed by atoms with van der Waals surface area (Å²) in [5, 5.41) is 13.7. The average molecular weight is 463 g/mol. The maximum absolute atomic E-state index is 13.1. The van der Waals surface area contributed by atoms with E-state index in [0.29, 0.717) is 22.6 Å². The molecule has 0 radical (unpaired) electrons. The summed E-state index contributed by atoms with van der Waals surface area (Å²) in [6.45, 7) is 1.98. The summed E-state index contributed by atoms with van der Waals surface area (Å²) in [5.74, 6) is -1.03. The highest BCUT2D eigenvalue weighted by Gasteiger charge is 2.19. The Kier molecular flexibility index (Phi) is 5.10. The molecule has 3 aromatic heterocycles. The third-order valence-corrected chi connectivity index (χ3v) is 5.50. The van der Waals surface area contributed by atoms with Gasteiger partial charge in [-0.1, -0.05) is 30.7 Å². The molecule has 2 aromatic carbocycles. The molecule has 1 amide bonds. The Labute approximate surface area is 191 Å². The molecule has 0 bridgehead atoms. The average Bonchev–Trinajstić information content (AvgIpc) is 3.21. The molecule has 0 fully saturated rings. The summed E-state index contributed by atoms with van der Waals surface area (Å²) in [6, 6.07) is 14.0. The highest BCUT2D eigenvalue weighted by Crippen LogP contribution is 2.29. The molecule has 10 heteroatoms. The molecule has 5 rings (SSSR count). The third-order valence-electron chi connectivity index (χ3n) is 5.25. The molecule has 0 aliphatic rings. The molecule has 0 unspecified atom stereocenters. The van der Waals surface area contributed by atoms with Crippen molar-refractivity contribution in [2.45, 2.75) is 13.3 Å². The molecule has 0 aliphatic heterocycles. The van der Waals surface area contributed by atoms with E-state index in [1.165, 1.54) is 30.5 Å². The number of rotatable bonds is 4. The molecular formula is C23H16ClFN6O2. The second-order valence-electron chi connectivity index (χ2n) is 7.29. The van der Waals surface area contributed by atoms with Gasteiger partial charge in [-0.05, 0) is 54.4 Å². The first-order valence-electron chi connectivity index (χ1n) is 10.1. The number of aromatic nitrogens is 5. The Balaban J connectivity index is 1.61. The third kappa shape index (κ3) is 3.62. The number of nitrogens with zero attached hydrogens (tertiary/aromatic N) is 5. The van der Waals surface area contributed by atoms with Crippen LogP contribution >= 0.6 is 11.6 Å². The van der Waals surface area contributed by atoms with Crippen molar-refractivity contribution in [1.29, 1.82) is 0 Å². The van der Waals surface area contributed by atoms with Crippen LogP contribution in [0.3, 0.4) is 0 Å². The van der Waals surface area contributed by atoms with Gasteiger partial charge < -0.3 is 0 Å². The number of hydrogen-bond donors (Lipinski definition) is 1. The van der Waals surface area contributed by atoms with Gasteiger partial charge in [0, 0.05) is 16.8 Å². The summed E-state index contributed by atoms with van der Waals surface area (Å²) in [6.07, 6.45) is 2.07. The van der Waals surface area contributed by atoms with E-state index in [2.05, 4.69) is 20.7 Å². The van der Waals surface area contributed by atoms with E-state index < -0.39 is 17.3 Å². The van der Waals surface area contributed by atoms with E-state index in [1.54, 1.807) is 22.7 Å². The van der Waals surface area contributed by atoms with Crippen LogP contribution in [0.25, 0.3) is 27.8 Å². The first-order chi connectivity index (χ1) is 16.0. The van der Waals surface area contributed by atoms with Crippen molar-refractivity contribution in [2.75, 3.05) is 5.43 Å². The van der Waals surface area contributed by atoms with Gasteiger partial charge >= 0.3 is 0 Å². The number of halogens is 2. The van der Waals surface area contributed by atoms with Gasteiger partial charge in [-0.3, -0.25) is 15.0 Å². The number of pyridine rings is 1. The quantitative estimate of drug-likeness (QED) is 0.438. The van der Waals surface area contributed by atoms with E-state index in [0.717, 1.165) is 21.5 Å². The lowest BCUT2D eigenvalue weighted by Crippen LogP contribution is -2.33. The fourth-order valence-electron chi connectivity index (χ4n) is 3.61. The zero-order valence-electron chi connectivity index (χ0n) is 17.3. The molecule has 0 aliphatic carbocycles. The maximum atomic E-state index is 13.1. The summed E-state index contributed by atoms with van der Waals surface area (Å²) >= 11 is 6.02. The number of amides is 1. The Hall–Kier alpha value is -4.11. The van der Waals surface area contributed by atoms with E-state index in [1.807, 2.05) is 19.1 Å². The van der Waals surface area contributed by atoms with E-state index in [9.17, 15) is 14.0 Å². The number of carbonyl (C=O) groups is 1. The second kappa shape index (κ2) is 8.10. The fourth-order valence-corrected chi connectivity index (χ4v) is 3.74. The SMILES string of the molecule is CCc1nn2c(nnc3c(=O)n(NC(=O)c4ccc(F)cc4)ccc32)c1-c1ccc(Cl)cc1. The fraction of sp³-hybridized carbons (Fsp3) is 0.0870. The highest BCUT2D eigenvalue weighted by atomic mass is 35.5. The van der Waals surface area contributed by atoms with Gasteiger partial charge in [0.25, 0.3) is 11.5 Å². The smallest absolute Gasteiger partial charge is 0.267 e. The van der Waals surface area contributed by atoms with Crippen molar-refractivity contribution >= 4 is 34.2 Å². The number of aryl methyl sites for hydroxylation is 1. The van der Waals surface area contributed by atoms with Crippen LogP contribution in [0.2, 0.25) is 5.02 Å². The molecule has 164 valence electrons. The Bertz CT molecular complexity index is 1580. The molecule has 3 heterocycles. The normalized spacial score (nSPS) is 11.2. The topological polar surface area (TPSA) is 94.2 Å². The maximum Gasteiger partial charge on any atom is 0.299 e. The van der Waals surface area contributed by atoms with Gasteiger partial charge in [-0.25, -0.2) is 13.6 Å². The van der Waals surface area contributed by atoms with Crippen molar-refractivity contribution in [3.8, 4) is 11.1 Å². The van der Waals surface area contributed by atoms with Crippen LogP contribution in [0.1, 0.15) is 23.0 Å². The molecule has 33 heavy (non-hydrogen) atoms. The van der Waals surface area contributed by atoms with Gasteiger partial charge in [0.1, 0.15) is 11.3 Å². The molecule has 1 N–H and O–H groups in total. The van der Waals surface area contributed by atoms with Crippen LogP contribution in [-0.2, 0) is 6.42 Å². The second-order valence-corrected chi connectivity index (χ2v) is 7.73. The minimum Gasteiger partial charge on any atom is -0.267 e. The van der Waals surface area contributed by atoms with Crippen molar-refractivity contribution in [3.05, 3.63) is 93.2 Å². The summed E-state index contributed by atoms with van der Waals surface area (Å²) < 4.78 is 15.7. The Morgan fingerprint density at radius 1 is 1.06 bits per heavy atom. The number of hydrogen-bond acceptors (Lipinski definition) is 5. The lowest BCUT2D eigenvalue weighted by molar-refractivity contribution is 0.101. The van der Waals surface area contributed by atoms with Crippen LogP contribution in [0.5, 0.6) is 0 Å². The van der Waals surface area contributed by atoms with E-state index in [4.69, 9.17) is 11.6 Å². The zero-order chi connectivity index (χ0) is 23.1.